The van der Waals surface area contributed by atoms with Crippen LogP contribution in [0.15, 0.2) is 28.0 Å². The van der Waals surface area contributed by atoms with Crippen molar-refractivity contribution < 1.29 is 18.6 Å². The quantitative estimate of drug-likeness (QED) is 0.888. The summed E-state index contributed by atoms with van der Waals surface area (Å²) in [5.41, 5.74) is 2.70. The highest BCUT2D eigenvalue weighted by Gasteiger charge is 2.25. The first kappa shape index (κ1) is 16.4. The van der Waals surface area contributed by atoms with Gasteiger partial charge in [-0.05, 0) is 75.1 Å². The van der Waals surface area contributed by atoms with Crippen LogP contribution in [-0.4, -0.2) is 18.6 Å². The summed E-state index contributed by atoms with van der Waals surface area (Å²) < 4.78 is 25.9. The van der Waals surface area contributed by atoms with Crippen molar-refractivity contribution in [2.24, 2.45) is 0 Å². The molecule has 0 unspecified atom stereocenters. The summed E-state index contributed by atoms with van der Waals surface area (Å²) in [6, 6.07) is 4.49. The van der Waals surface area contributed by atoms with Gasteiger partial charge in [-0.15, -0.1) is 0 Å². The van der Waals surface area contributed by atoms with E-state index in [1.807, 2.05) is 0 Å². The van der Waals surface area contributed by atoms with Crippen molar-refractivity contribution in [1.82, 2.24) is 0 Å². The Balaban J connectivity index is 2.80. The van der Waals surface area contributed by atoms with E-state index in [-0.39, 0.29) is 21.3 Å². The highest BCUT2D eigenvalue weighted by Crippen LogP contribution is 2.35. The highest BCUT2D eigenvalue weighted by atomic mass is 32.2. The molecule has 0 aromatic heterocycles. The Kier molecular flexibility index (Phi) is 3.96. The molecule has 5 heteroatoms. The summed E-state index contributed by atoms with van der Waals surface area (Å²) >= 11 is 0. The molecule has 2 aromatic carbocycles. The van der Waals surface area contributed by atoms with Gasteiger partial charge in [-0.25, -0.2) is 8.42 Å². The predicted molar refractivity (Wildman–Crippen MR) is 85.4 cm³/mol. The van der Waals surface area contributed by atoms with Crippen molar-refractivity contribution in [3.63, 3.8) is 0 Å². The van der Waals surface area contributed by atoms with Gasteiger partial charge in [0.05, 0.1) is 9.79 Å². The van der Waals surface area contributed by atoms with Crippen LogP contribution >= 0.6 is 0 Å². The standard InChI is InChI=1S/C17H20O4S/c1-9-7-16(13(5)17(19)12(9)4)22(20,21)15-8-10(2)14(18)6-11(15)3/h6-8,18-19H,1-5H3. The highest BCUT2D eigenvalue weighted by molar-refractivity contribution is 7.91. The molecule has 0 radical (unpaired) electrons. The average molecular weight is 320 g/mol. The zero-order valence-electron chi connectivity index (χ0n) is 13.4. The van der Waals surface area contributed by atoms with Crippen LogP contribution in [0.4, 0.5) is 0 Å². The summed E-state index contributed by atoms with van der Waals surface area (Å²) in [7, 11) is -3.77. The Morgan fingerprint density at radius 1 is 0.727 bits per heavy atom. The smallest absolute Gasteiger partial charge is 0.207 e. The summed E-state index contributed by atoms with van der Waals surface area (Å²) in [6.07, 6.45) is 0. The molecular weight excluding hydrogens is 300 g/mol. The monoisotopic (exact) mass is 320 g/mol. The Morgan fingerprint density at radius 3 is 1.86 bits per heavy atom. The van der Waals surface area contributed by atoms with Crippen LogP contribution in [0.5, 0.6) is 11.5 Å². The fourth-order valence-corrected chi connectivity index (χ4v) is 4.34. The molecule has 0 aliphatic heterocycles. The Hall–Kier alpha value is -2.01. The second-order valence-corrected chi connectivity index (χ2v) is 7.58. The molecule has 0 spiro atoms. The number of hydrogen-bond donors (Lipinski definition) is 2. The van der Waals surface area contributed by atoms with Crippen LogP contribution in [-0.2, 0) is 9.84 Å². The van der Waals surface area contributed by atoms with Crippen molar-refractivity contribution >= 4 is 9.84 Å². The molecule has 0 fully saturated rings. The number of phenols is 2. The molecule has 0 aliphatic carbocycles. The van der Waals surface area contributed by atoms with E-state index in [0.29, 0.717) is 22.3 Å². The van der Waals surface area contributed by atoms with Gasteiger partial charge in [-0.1, -0.05) is 0 Å². The molecule has 2 aromatic rings. The van der Waals surface area contributed by atoms with E-state index in [4.69, 9.17) is 0 Å². The van der Waals surface area contributed by atoms with E-state index in [2.05, 4.69) is 0 Å². The largest absolute Gasteiger partial charge is 0.508 e. The van der Waals surface area contributed by atoms with Gasteiger partial charge < -0.3 is 10.2 Å². The van der Waals surface area contributed by atoms with Crippen molar-refractivity contribution in [1.29, 1.82) is 0 Å². The molecule has 22 heavy (non-hydrogen) atoms. The molecule has 2 rings (SSSR count). The lowest BCUT2D eigenvalue weighted by Gasteiger charge is -2.15. The summed E-state index contributed by atoms with van der Waals surface area (Å²) in [4.78, 5) is 0.245. The Morgan fingerprint density at radius 2 is 1.27 bits per heavy atom. The van der Waals surface area contributed by atoms with Crippen LogP contribution in [0.3, 0.4) is 0 Å². The van der Waals surface area contributed by atoms with Crippen molar-refractivity contribution in [3.05, 3.63) is 46.0 Å². The molecule has 0 amide bonds. The molecule has 118 valence electrons. The minimum absolute atomic E-state index is 0.00623. The summed E-state index contributed by atoms with van der Waals surface area (Å²) in [6.45, 7) is 8.41. The molecule has 0 heterocycles. The van der Waals surface area contributed by atoms with Crippen molar-refractivity contribution in [2.75, 3.05) is 0 Å². The van der Waals surface area contributed by atoms with E-state index >= 15 is 0 Å². The third-order valence-electron chi connectivity index (χ3n) is 4.09. The molecule has 0 saturated heterocycles. The van der Waals surface area contributed by atoms with E-state index < -0.39 is 9.84 Å². The van der Waals surface area contributed by atoms with E-state index in [1.165, 1.54) is 12.1 Å². The lowest BCUT2D eigenvalue weighted by Crippen LogP contribution is -2.08. The first-order chi connectivity index (χ1) is 10.1. The third-order valence-corrected chi connectivity index (χ3v) is 6.11. The topological polar surface area (TPSA) is 74.6 Å². The molecule has 0 bridgehead atoms. The van der Waals surface area contributed by atoms with Gasteiger partial charge in [0.2, 0.25) is 9.84 Å². The fourth-order valence-electron chi connectivity index (χ4n) is 2.46. The third kappa shape index (κ3) is 2.46. The lowest BCUT2D eigenvalue weighted by molar-refractivity contribution is 0.463. The van der Waals surface area contributed by atoms with Crippen LogP contribution < -0.4 is 0 Å². The zero-order valence-corrected chi connectivity index (χ0v) is 14.2. The van der Waals surface area contributed by atoms with Crippen molar-refractivity contribution in [3.8, 4) is 11.5 Å². The minimum atomic E-state index is -3.77. The van der Waals surface area contributed by atoms with Gasteiger partial charge >= 0.3 is 0 Å². The maximum absolute atomic E-state index is 13.0. The molecule has 0 saturated carbocycles. The van der Waals surface area contributed by atoms with Crippen LogP contribution in [0.1, 0.15) is 27.8 Å². The van der Waals surface area contributed by atoms with Gasteiger partial charge in [0.1, 0.15) is 11.5 Å². The molecule has 4 nitrogen and oxygen atoms in total. The average Bonchev–Trinajstić information content (AvgIpc) is 2.44. The summed E-state index contributed by atoms with van der Waals surface area (Å²) in [5, 5.41) is 19.8. The van der Waals surface area contributed by atoms with Gasteiger partial charge in [-0.3, -0.25) is 0 Å². The zero-order chi connectivity index (χ0) is 16.8. The maximum Gasteiger partial charge on any atom is 0.207 e. The predicted octanol–water partition coefficient (Wildman–Crippen LogP) is 3.47. The van der Waals surface area contributed by atoms with Crippen LogP contribution in [0, 0.1) is 34.6 Å². The first-order valence-electron chi connectivity index (χ1n) is 6.92. The minimum Gasteiger partial charge on any atom is -0.508 e. The number of benzene rings is 2. The number of aryl methyl sites for hydroxylation is 3. The molecule has 0 atom stereocenters. The number of rotatable bonds is 2. The van der Waals surface area contributed by atoms with E-state index in [1.54, 1.807) is 40.7 Å². The molecule has 0 aliphatic rings. The van der Waals surface area contributed by atoms with Gasteiger partial charge in [0.15, 0.2) is 0 Å². The SMILES string of the molecule is Cc1cc(S(=O)(=O)c2cc(C)c(C)c(O)c2C)c(C)cc1O. The van der Waals surface area contributed by atoms with Crippen LogP contribution in [0.2, 0.25) is 0 Å². The van der Waals surface area contributed by atoms with E-state index in [9.17, 15) is 18.6 Å². The number of hydrogen-bond acceptors (Lipinski definition) is 4. The Labute approximate surface area is 131 Å². The number of aromatic hydroxyl groups is 2. The molecular formula is C17H20O4S. The fraction of sp³-hybridized carbons (Fsp3) is 0.294. The second kappa shape index (κ2) is 5.32. The van der Waals surface area contributed by atoms with Gasteiger partial charge in [0, 0.05) is 5.56 Å². The molecule has 2 N–H and O–H groups in total. The first-order valence-corrected chi connectivity index (χ1v) is 8.40. The second-order valence-electron chi connectivity index (χ2n) is 5.70. The Bertz CT molecular complexity index is 865. The van der Waals surface area contributed by atoms with E-state index in [0.717, 1.165) is 5.56 Å². The number of phenolic OH excluding ortho intramolecular Hbond substituents is 2. The summed E-state index contributed by atoms with van der Waals surface area (Å²) in [5.74, 6) is 0.0721. The maximum atomic E-state index is 13.0. The lowest BCUT2D eigenvalue weighted by atomic mass is 10.1. The van der Waals surface area contributed by atoms with Crippen molar-refractivity contribution in [2.45, 2.75) is 44.4 Å². The van der Waals surface area contributed by atoms with Gasteiger partial charge in [-0.2, -0.15) is 0 Å². The van der Waals surface area contributed by atoms with Gasteiger partial charge in [0.25, 0.3) is 0 Å². The normalized spacial score (nSPS) is 11.7. The van der Waals surface area contributed by atoms with Crippen LogP contribution in [0.25, 0.3) is 0 Å². The number of sulfone groups is 1.